The summed E-state index contributed by atoms with van der Waals surface area (Å²) in [7, 11) is 0. The van der Waals surface area contributed by atoms with Crippen molar-refractivity contribution in [3.8, 4) is 11.1 Å². The third-order valence-corrected chi connectivity index (χ3v) is 5.65. The van der Waals surface area contributed by atoms with Crippen LogP contribution in [0.4, 0.5) is 0 Å². The molecule has 18 heavy (non-hydrogen) atoms. The number of hydrogen-bond acceptors (Lipinski definition) is 0. The summed E-state index contributed by atoms with van der Waals surface area (Å²) in [6, 6.07) is 8.72. The van der Waals surface area contributed by atoms with E-state index in [-0.39, 0.29) is 0 Å². The van der Waals surface area contributed by atoms with Crippen LogP contribution in [0.25, 0.3) is 11.1 Å². The molecule has 0 spiro atoms. The first kappa shape index (κ1) is 13.8. The molecule has 0 atom stereocenters. The van der Waals surface area contributed by atoms with Crippen LogP contribution < -0.4 is 0 Å². The van der Waals surface area contributed by atoms with Gasteiger partial charge in [0, 0.05) is 8.95 Å². The lowest BCUT2D eigenvalue weighted by Crippen LogP contribution is -1.91. The van der Waals surface area contributed by atoms with Gasteiger partial charge in [-0.25, -0.2) is 0 Å². The van der Waals surface area contributed by atoms with E-state index in [1.54, 1.807) is 0 Å². The molecule has 0 nitrogen and oxygen atoms in total. The lowest BCUT2D eigenvalue weighted by atomic mass is 9.97. The van der Waals surface area contributed by atoms with Crippen LogP contribution >= 0.6 is 31.9 Å². The van der Waals surface area contributed by atoms with E-state index in [1.807, 2.05) is 0 Å². The van der Waals surface area contributed by atoms with Crippen LogP contribution in [0.15, 0.2) is 33.2 Å². The molecule has 0 radical (unpaired) electrons. The summed E-state index contributed by atoms with van der Waals surface area (Å²) in [5.74, 6) is 0. The summed E-state index contributed by atoms with van der Waals surface area (Å²) >= 11 is 7.45. The van der Waals surface area contributed by atoms with Crippen LogP contribution in [0.1, 0.15) is 22.3 Å². The van der Waals surface area contributed by atoms with Gasteiger partial charge in [0.05, 0.1) is 0 Å². The minimum Gasteiger partial charge on any atom is -0.0584 e. The first-order valence-electron chi connectivity index (χ1n) is 5.95. The minimum absolute atomic E-state index is 1.19. The van der Waals surface area contributed by atoms with Gasteiger partial charge in [0.2, 0.25) is 0 Å². The first-order chi connectivity index (χ1) is 8.43. The van der Waals surface area contributed by atoms with E-state index in [2.05, 4.69) is 83.8 Å². The first-order valence-corrected chi connectivity index (χ1v) is 7.54. The zero-order valence-electron chi connectivity index (χ0n) is 11.1. The van der Waals surface area contributed by atoms with Gasteiger partial charge in [0.1, 0.15) is 0 Å². The maximum Gasteiger partial charge on any atom is 0.0285 e. The van der Waals surface area contributed by atoms with Gasteiger partial charge in [-0.05, 0) is 92.9 Å². The maximum atomic E-state index is 3.72. The van der Waals surface area contributed by atoms with Crippen molar-refractivity contribution in [3.05, 3.63) is 55.5 Å². The average Bonchev–Trinajstić information content (AvgIpc) is 2.35. The molecule has 0 aliphatic carbocycles. The second kappa shape index (κ2) is 5.18. The number of rotatable bonds is 1. The van der Waals surface area contributed by atoms with E-state index in [0.29, 0.717) is 0 Å². The van der Waals surface area contributed by atoms with Gasteiger partial charge >= 0.3 is 0 Å². The van der Waals surface area contributed by atoms with E-state index in [1.165, 1.54) is 42.3 Å². The van der Waals surface area contributed by atoms with Gasteiger partial charge in [0.15, 0.2) is 0 Å². The van der Waals surface area contributed by atoms with Gasteiger partial charge in [-0.15, -0.1) is 0 Å². The second-order valence-corrected chi connectivity index (χ2v) is 6.32. The molecule has 0 N–H and O–H groups in total. The predicted molar refractivity (Wildman–Crippen MR) is 86.2 cm³/mol. The fourth-order valence-electron chi connectivity index (χ4n) is 1.98. The van der Waals surface area contributed by atoms with Gasteiger partial charge in [-0.3, -0.25) is 0 Å². The van der Waals surface area contributed by atoms with E-state index in [0.717, 1.165) is 0 Å². The van der Waals surface area contributed by atoms with E-state index in [4.69, 9.17) is 0 Å². The van der Waals surface area contributed by atoms with Crippen LogP contribution in [-0.2, 0) is 0 Å². The minimum atomic E-state index is 1.19. The summed E-state index contributed by atoms with van der Waals surface area (Å²) in [6.45, 7) is 8.58. The van der Waals surface area contributed by atoms with Gasteiger partial charge < -0.3 is 0 Å². The highest BCUT2D eigenvalue weighted by atomic mass is 79.9. The van der Waals surface area contributed by atoms with Crippen molar-refractivity contribution >= 4 is 31.9 Å². The fourth-order valence-corrected chi connectivity index (χ4v) is 3.30. The quantitative estimate of drug-likeness (QED) is 0.570. The molecule has 0 aliphatic rings. The van der Waals surface area contributed by atoms with Gasteiger partial charge in [-0.1, -0.05) is 24.3 Å². The summed E-state index contributed by atoms with van der Waals surface area (Å²) in [5, 5.41) is 0. The Morgan fingerprint density at radius 2 is 0.944 bits per heavy atom. The average molecular weight is 368 g/mol. The zero-order valence-corrected chi connectivity index (χ0v) is 14.2. The Hall–Kier alpha value is -0.600. The zero-order chi connectivity index (χ0) is 13.4. The molecule has 0 saturated carbocycles. The highest BCUT2D eigenvalue weighted by Crippen LogP contribution is 2.38. The maximum absolute atomic E-state index is 3.72. The summed E-state index contributed by atoms with van der Waals surface area (Å²) < 4.78 is 2.37. The topological polar surface area (TPSA) is 0 Å². The lowest BCUT2D eigenvalue weighted by Gasteiger charge is -2.14. The molecular weight excluding hydrogens is 352 g/mol. The molecule has 94 valence electrons. The smallest absolute Gasteiger partial charge is 0.0285 e. The van der Waals surface area contributed by atoms with Crippen LogP contribution in [0.3, 0.4) is 0 Å². The highest BCUT2D eigenvalue weighted by molar-refractivity contribution is 9.11. The molecule has 2 heteroatoms. The third kappa shape index (κ3) is 2.28. The fraction of sp³-hybridized carbons (Fsp3) is 0.250. The molecule has 0 saturated heterocycles. The molecule has 2 aromatic rings. The Morgan fingerprint density at radius 3 is 1.28 bits per heavy atom. The monoisotopic (exact) mass is 366 g/mol. The van der Waals surface area contributed by atoms with Crippen LogP contribution in [0, 0.1) is 27.7 Å². The summed E-state index contributed by atoms with van der Waals surface area (Å²) in [5.41, 5.74) is 7.72. The Bertz CT molecular complexity index is 557. The lowest BCUT2D eigenvalue weighted by molar-refractivity contribution is 1.29. The number of halogens is 2. The van der Waals surface area contributed by atoms with Crippen molar-refractivity contribution in [2.75, 3.05) is 0 Å². The molecule has 0 bridgehead atoms. The largest absolute Gasteiger partial charge is 0.0584 e. The standard InChI is InChI=1S/C16H16Br2/c1-9-5-7-13(15(17)11(9)3)14-8-6-10(2)12(4)16(14)18/h5-8H,1-4H3. The summed E-state index contributed by atoms with van der Waals surface area (Å²) in [6.07, 6.45) is 0. The van der Waals surface area contributed by atoms with Crippen molar-refractivity contribution in [2.45, 2.75) is 27.7 Å². The molecule has 2 aromatic carbocycles. The third-order valence-electron chi connectivity index (χ3n) is 3.60. The molecule has 0 fully saturated rings. The van der Waals surface area contributed by atoms with E-state index in [9.17, 15) is 0 Å². The molecule has 0 heterocycles. The normalized spacial score (nSPS) is 10.8. The molecule has 0 aliphatic heterocycles. The molecule has 0 unspecified atom stereocenters. The van der Waals surface area contributed by atoms with Crippen LogP contribution in [0.2, 0.25) is 0 Å². The molecular formula is C16H16Br2. The Morgan fingerprint density at radius 1 is 0.611 bits per heavy atom. The number of hydrogen-bond donors (Lipinski definition) is 0. The highest BCUT2D eigenvalue weighted by Gasteiger charge is 2.12. The molecule has 0 aromatic heterocycles. The van der Waals surface area contributed by atoms with Crippen molar-refractivity contribution in [1.29, 1.82) is 0 Å². The van der Waals surface area contributed by atoms with Crippen molar-refractivity contribution in [2.24, 2.45) is 0 Å². The molecule has 0 amide bonds. The van der Waals surface area contributed by atoms with Crippen molar-refractivity contribution < 1.29 is 0 Å². The van der Waals surface area contributed by atoms with Crippen molar-refractivity contribution in [3.63, 3.8) is 0 Å². The van der Waals surface area contributed by atoms with E-state index >= 15 is 0 Å². The number of aryl methyl sites for hydroxylation is 2. The van der Waals surface area contributed by atoms with Crippen molar-refractivity contribution in [1.82, 2.24) is 0 Å². The van der Waals surface area contributed by atoms with E-state index < -0.39 is 0 Å². The van der Waals surface area contributed by atoms with Gasteiger partial charge in [0.25, 0.3) is 0 Å². The predicted octanol–water partition coefficient (Wildman–Crippen LogP) is 6.11. The Kier molecular flexibility index (Phi) is 3.98. The Balaban J connectivity index is 2.71. The van der Waals surface area contributed by atoms with Crippen LogP contribution in [0.5, 0.6) is 0 Å². The van der Waals surface area contributed by atoms with Gasteiger partial charge in [-0.2, -0.15) is 0 Å². The summed E-state index contributed by atoms with van der Waals surface area (Å²) in [4.78, 5) is 0. The number of benzene rings is 2. The molecule has 2 rings (SSSR count). The Labute approximate surface area is 126 Å². The van der Waals surface area contributed by atoms with Crippen LogP contribution in [-0.4, -0.2) is 0 Å². The SMILES string of the molecule is Cc1ccc(-c2ccc(C)c(C)c2Br)c(Br)c1C. The second-order valence-electron chi connectivity index (χ2n) is 4.74.